The van der Waals surface area contributed by atoms with Gasteiger partial charge in [-0.25, -0.2) is 4.13 Å². The summed E-state index contributed by atoms with van der Waals surface area (Å²) in [5.41, 5.74) is 0. The second kappa shape index (κ2) is 2.77. The van der Waals surface area contributed by atoms with Crippen LogP contribution in [0.15, 0.2) is 0 Å². The number of nitrogens with one attached hydrogen (secondary N) is 1. The largest absolute Gasteiger partial charge is 0.208 e. The van der Waals surface area contributed by atoms with Crippen LogP contribution in [0.5, 0.6) is 0 Å². The molecule has 6 heavy (non-hydrogen) atoms. The fraction of sp³-hybridized carbons (Fsp3) is 1.00. The van der Waals surface area contributed by atoms with Crippen molar-refractivity contribution in [3.05, 3.63) is 0 Å². The first-order valence-corrected chi connectivity index (χ1v) is 3.96. The van der Waals surface area contributed by atoms with E-state index in [1.807, 2.05) is 23.9 Å². The van der Waals surface area contributed by atoms with Crippen molar-refractivity contribution in [3.8, 4) is 0 Å². The number of hydrogen-bond acceptors (Lipinski definition) is 3. The molecule has 1 aliphatic heterocycles. The number of hydrogen-bond donors (Lipinski definition) is 1. The van der Waals surface area contributed by atoms with Crippen LogP contribution in [0.1, 0.15) is 6.42 Å². The fourth-order valence-electron chi connectivity index (χ4n) is 0.328. The highest BCUT2D eigenvalue weighted by Crippen LogP contribution is 2.12. The Morgan fingerprint density at radius 1 is 1.17 bits per heavy atom. The van der Waals surface area contributed by atoms with Crippen LogP contribution in [0.3, 0.4) is 0 Å². The molecule has 0 spiro atoms. The molecule has 0 saturated carbocycles. The van der Waals surface area contributed by atoms with E-state index in [0.717, 1.165) is 0 Å². The van der Waals surface area contributed by atoms with Gasteiger partial charge in [0.1, 0.15) is 0 Å². The third kappa shape index (κ3) is 1.41. The standard InChI is InChI=1S/C3H7NS2/c1-2-5-4-6-3-1/h4H,1-3H2. The Balaban J connectivity index is 2.00. The molecule has 0 radical (unpaired) electrons. The predicted molar refractivity (Wildman–Crippen MR) is 32.7 cm³/mol. The smallest absolute Gasteiger partial charge is 0.00950 e. The summed E-state index contributed by atoms with van der Waals surface area (Å²) >= 11 is 3.62. The van der Waals surface area contributed by atoms with Crippen molar-refractivity contribution in [2.45, 2.75) is 6.42 Å². The van der Waals surface area contributed by atoms with E-state index in [1.165, 1.54) is 17.9 Å². The van der Waals surface area contributed by atoms with Gasteiger partial charge in [0.15, 0.2) is 0 Å². The maximum Gasteiger partial charge on any atom is 0.00950 e. The lowest BCUT2D eigenvalue weighted by molar-refractivity contribution is 1.11. The van der Waals surface area contributed by atoms with Gasteiger partial charge in [-0.2, -0.15) is 0 Å². The highest BCUT2D eigenvalue weighted by atomic mass is 32.2. The molecule has 0 aromatic rings. The third-order valence-corrected chi connectivity index (χ3v) is 2.54. The van der Waals surface area contributed by atoms with Crippen molar-refractivity contribution in [1.29, 1.82) is 0 Å². The van der Waals surface area contributed by atoms with Crippen LogP contribution < -0.4 is 4.13 Å². The summed E-state index contributed by atoms with van der Waals surface area (Å²) in [6.07, 6.45) is 1.36. The van der Waals surface area contributed by atoms with E-state index in [0.29, 0.717) is 0 Å². The van der Waals surface area contributed by atoms with E-state index >= 15 is 0 Å². The van der Waals surface area contributed by atoms with Crippen molar-refractivity contribution >= 4 is 23.9 Å². The molecule has 0 atom stereocenters. The molecule has 1 N–H and O–H groups in total. The lowest BCUT2D eigenvalue weighted by atomic mass is 10.6. The van der Waals surface area contributed by atoms with E-state index in [2.05, 4.69) is 4.13 Å². The van der Waals surface area contributed by atoms with Crippen LogP contribution in [0.2, 0.25) is 0 Å². The molecular formula is C3H7NS2. The predicted octanol–water partition coefficient (Wildman–Crippen LogP) is 1.28. The Hall–Kier alpha value is 0.660. The molecule has 0 bridgehead atoms. The number of rotatable bonds is 0. The first kappa shape index (κ1) is 4.81. The van der Waals surface area contributed by atoms with E-state index in [1.54, 1.807) is 0 Å². The Morgan fingerprint density at radius 3 is 2.00 bits per heavy atom. The summed E-state index contributed by atoms with van der Waals surface area (Å²) < 4.78 is 3.12. The topological polar surface area (TPSA) is 12.0 Å². The minimum Gasteiger partial charge on any atom is -0.208 e. The summed E-state index contributed by atoms with van der Waals surface area (Å²) in [7, 11) is 0. The minimum absolute atomic E-state index is 1.28. The molecule has 1 aliphatic rings. The van der Waals surface area contributed by atoms with Crippen LogP contribution in [0.4, 0.5) is 0 Å². The van der Waals surface area contributed by atoms with Gasteiger partial charge in [-0.3, -0.25) is 0 Å². The van der Waals surface area contributed by atoms with Gasteiger partial charge in [0.05, 0.1) is 0 Å². The van der Waals surface area contributed by atoms with Crippen molar-refractivity contribution in [2.24, 2.45) is 0 Å². The first-order chi connectivity index (χ1) is 3.00. The molecule has 0 unspecified atom stereocenters. The average molecular weight is 121 g/mol. The molecule has 1 fully saturated rings. The second-order valence-electron chi connectivity index (χ2n) is 1.13. The van der Waals surface area contributed by atoms with Crippen LogP contribution >= 0.6 is 23.9 Å². The van der Waals surface area contributed by atoms with Crippen molar-refractivity contribution in [1.82, 2.24) is 4.13 Å². The van der Waals surface area contributed by atoms with E-state index < -0.39 is 0 Å². The monoisotopic (exact) mass is 121 g/mol. The molecular weight excluding hydrogens is 114 g/mol. The molecule has 36 valence electrons. The molecule has 0 aromatic heterocycles. The zero-order valence-corrected chi connectivity index (χ0v) is 5.07. The van der Waals surface area contributed by atoms with Crippen LogP contribution in [-0.4, -0.2) is 11.5 Å². The average Bonchev–Trinajstić information content (AvgIpc) is 1.72. The molecule has 1 rings (SSSR count). The Kier molecular flexibility index (Phi) is 2.22. The quantitative estimate of drug-likeness (QED) is 0.485. The molecule has 0 aromatic carbocycles. The van der Waals surface area contributed by atoms with Crippen LogP contribution in [0.25, 0.3) is 0 Å². The highest BCUT2D eigenvalue weighted by molar-refractivity contribution is 8.13. The van der Waals surface area contributed by atoms with Gasteiger partial charge in [-0.15, -0.1) is 0 Å². The fourth-order valence-corrected chi connectivity index (χ4v) is 2.09. The molecule has 0 amide bonds. The third-order valence-electron chi connectivity index (χ3n) is 0.611. The SMILES string of the molecule is C1CSNSC1. The van der Waals surface area contributed by atoms with Crippen LogP contribution in [0, 0.1) is 0 Å². The van der Waals surface area contributed by atoms with Crippen molar-refractivity contribution in [2.75, 3.05) is 11.5 Å². The zero-order valence-electron chi connectivity index (χ0n) is 3.44. The summed E-state index contributed by atoms with van der Waals surface area (Å²) in [6.45, 7) is 0. The van der Waals surface area contributed by atoms with Gasteiger partial charge in [0, 0.05) is 11.5 Å². The Morgan fingerprint density at radius 2 is 1.83 bits per heavy atom. The maximum absolute atomic E-state index is 3.12. The van der Waals surface area contributed by atoms with Crippen molar-refractivity contribution in [3.63, 3.8) is 0 Å². The molecule has 1 heterocycles. The Bertz CT molecular complexity index is 24.3. The van der Waals surface area contributed by atoms with E-state index in [4.69, 9.17) is 0 Å². The summed E-state index contributed by atoms with van der Waals surface area (Å²) in [4.78, 5) is 0. The minimum atomic E-state index is 1.28. The summed E-state index contributed by atoms with van der Waals surface area (Å²) in [5.74, 6) is 2.57. The van der Waals surface area contributed by atoms with Gasteiger partial charge in [-0.05, 0) is 6.42 Å². The van der Waals surface area contributed by atoms with E-state index in [9.17, 15) is 0 Å². The first-order valence-electron chi connectivity index (χ1n) is 1.99. The van der Waals surface area contributed by atoms with Gasteiger partial charge in [-0.1, -0.05) is 23.9 Å². The molecule has 3 heteroatoms. The molecule has 1 saturated heterocycles. The van der Waals surface area contributed by atoms with Crippen molar-refractivity contribution < 1.29 is 0 Å². The Labute approximate surface area is 46.5 Å². The zero-order chi connectivity index (χ0) is 4.24. The summed E-state index contributed by atoms with van der Waals surface area (Å²) in [5, 5.41) is 0. The molecule has 0 aliphatic carbocycles. The second-order valence-corrected chi connectivity index (χ2v) is 3.19. The molecule has 1 nitrogen and oxygen atoms in total. The van der Waals surface area contributed by atoms with Gasteiger partial charge >= 0.3 is 0 Å². The summed E-state index contributed by atoms with van der Waals surface area (Å²) in [6, 6.07) is 0. The van der Waals surface area contributed by atoms with E-state index in [-0.39, 0.29) is 0 Å². The highest BCUT2D eigenvalue weighted by Gasteiger charge is 1.95. The lowest BCUT2D eigenvalue weighted by Gasteiger charge is -2.06. The van der Waals surface area contributed by atoms with Crippen LogP contribution in [-0.2, 0) is 0 Å². The van der Waals surface area contributed by atoms with Gasteiger partial charge < -0.3 is 0 Å². The lowest BCUT2D eigenvalue weighted by Crippen LogP contribution is -2.01. The normalized spacial score (nSPS) is 24.0. The van der Waals surface area contributed by atoms with Gasteiger partial charge in [0.2, 0.25) is 0 Å². The van der Waals surface area contributed by atoms with Gasteiger partial charge in [0.25, 0.3) is 0 Å². The maximum atomic E-state index is 3.12.